The minimum atomic E-state index is -0.234. The SMILES string of the molecule is Cc1nn(C)cc1C(=O)N[C@H](C)CO. The maximum absolute atomic E-state index is 11.6. The van der Waals surface area contributed by atoms with Crippen LogP contribution in [0.1, 0.15) is 23.0 Å². The molecule has 1 amide bonds. The van der Waals surface area contributed by atoms with Crippen molar-refractivity contribution in [3.05, 3.63) is 17.5 Å². The summed E-state index contributed by atoms with van der Waals surface area (Å²) in [6, 6.07) is -0.234. The minimum Gasteiger partial charge on any atom is -0.394 e. The average molecular weight is 197 g/mol. The first-order valence-electron chi connectivity index (χ1n) is 4.46. The minimum absolute atomic E-state index is 0.0644. The Kier molecular flexibility index (Phi) is 3.24. The van der Waals surface area contributed by atoms with Gasteiger partial charge in [0.25, 0.3) is 5.91 Å². The molecule has 78 valence electrons. The zero-order valence-electron chi connectivity index (χ0n) is 8.61. The highest BCUT2D eigenvalue weighted by molar-refractivity contribution is 5.95. The summed E-state index contributed by atoms with van der Waals surface area (Å²) in [6.45, 7) is 3.45. The molecular formula is C9H15N3O2. The van der Waals surface area contributed by atoms with Gasteiger partial charge in [0, 0.05) is 19.3 Å². The van der Waals surface area contributed by atoms with Crippen molar-refractivity contribution in [2.75, 3.05) is 6.61 Å². The van der Waals surface area contributed by atoms with E-state index in [1.807, 2.05) is 0 Å². The van der Waals surface area contributed by atoms with E-state index in [1.165, 1.54) is 0 Å². The van der Waals surface area contributed by atoms with Gasteiger partial charge in [-0.2, -0.15) is 5.10 Å². The van der Waals surface area contributed by atoms with Crippen molar-refractivity contribution in [3.8, 4) is 0 Å². The van der Waals surface area contributed by atoms with Crippen molar-refractivity contribution >= 4 is 5.91 Å². The number of aliphatic hydroxyl groups excluding tert-OH is 1. The molecule has 5 nitrogen and oxygen atoms in total. The van der Waals surface area contributed by atoms with Crippen LogP contribution in [-0.4, -0.2) is 33.4 Å². The Morgan fingerprint density at radius 3 is 2.86 bits per heavy atom. The maximum Gasteiger partial charge on any atom is 0.255 e. The molecule has 14 heavy (non-hydrogen) atoms. The molecule has 0 aliphatic heterocycles. The summed E-state index contributed by atoms with van der Waals surface area (Å²) in [4.78, 5) is 11.6. The van der Waals surface area contributed by atoms with E-state index in [0.717, 1.165) is 0 Å². The van der Waals surface area contributed by atoms with Gasteiger partial charge < -0.3 is 10.4 Å². The van der Waals surface area contributed by atoms with E-state index in [4.69, 9.17) is 5.11 Å². The van der Waals surface area contributed by atoms with Crippen LogP contribution in [0.4, 0.5) is 0 Å². The van der Waals surface area contributed by atoms with Crippen LogP contribution < -0.4 is 5.32 Å². The van der Waals surface area contributed by atoms with Crippen LogP contribution >= 0.6 is 0 Å². The van der Waals surface area contributed by atoms with E-state index in [2.05, 4.69) is 10.4 Å². The molecule has 1 heterocycles. The molecule has 1 aromatic rings. The highest BCUT2D eigenvalue weighted by Gasteiger charge is 2.13. The molecule has 1 rings (SSSR count). The second-order valence-corrected chi connectivity index (χ2v) is 3.36. The standard InChI is InChI=1S/C9H15N3O2/c1-6(5-13)10-9(14)8-4-12(3)11-7(8)2/h4,6,13H,5H2,1-3H3,(H,10,14)/t6-/m1/s1. The van der Waals surface area contributed by atoms with Crippen molar-refractivity contribution in [2.24, 2.45) is 7.05 Å². The number of nitrogens with zero attached hydrogens (tertiary/aromatic N) is 2. The van der Waals surface area contributed by atoms with Crippen molar-refractivity contribution < 1.29 is 9.90 Å². The molecule has 0 aliphatic rings. The number of hydrogen-bond donors (Lipinski definition) is 2. The van der Waals surface area contributed by atoms with E-state index < -0.39 is 0 Å². The Morgan fingerprint density at radius 1 is 1.79 bits per heavy atom. The van der Waals surface area contributed by atoms with Crippen LogP contribution in [-0.2, 0) is 7.05 Å². The zero-order chi connectivity index (χ0) is 10.7. The van der Waals surface area contributed by atoms with Crippen LogP contribution in [0.5, 0.6) is 0 Å². The first-order valence-corrected chi connectivity index (χ1v) is 4.46. The lowest BCUT2D eigenvalue weighted by molar-refractivity contribution is 0.0921. The van der Waals surface area contributed by atoms with Crippen molar-refractivity contribution in [1.29, 1.82) is 0 Å². The Morgan fingerprint density at radius 2 is 2.43 bits per heavy atom. The van der Waals surface area contributed by atoms with Gasteiger partial charge in [0.15, 0.2) is 0 Å². The summed E-state index contributed by atoms with van der Waals surface area (Å²) in [5, 5.41) is 15.5. The summed E-state index contributed by atoms with van der Waals surface area (Å²) in [5.74, 6) is -0.197. The number of rotatable bonds is 3. The van der Waals surface area contributed by atoms with E-state index in [-0.39, 0.29) is 18.6 Å². The van der Waals surface area contributed by atoms with Crippen LogP contribution in [0, 0.1) is 6.92 Å². The number of aliphatic hydroxyl groups is 1. The molecule has 0 saturated carbocycles. The zero-order valence-corrected chi connectivity index (χ0v) is 8.61. The van der Waals surface area contributed by atoms with Gasteiger partial charge in [-0.3, -0.25) is 9.48 Å². The molecule has 1 atom stereocenters. The molecular weight excluding hydrogens is 182 g/mol. The first kappa shape index (κ1) is 10.7. The third kappa shape index (κ3) is 2.32. The molecule has 0 fully saturated rings. The van der Waals surface area contributed by atoms with Crippen molar-refractivity contribution in [2.45, 2.75) is 19.9 Å². The lowest BCUT2D eigenvalue weighted by Crippen LogP contribution is -2.35. The fraction of sp³-hybridized carbons (Fsp3) is 0.556. The smallest absolute Gasteiger partial charge is 0.255 e. The molecule has 0 spiro atoms. The molecule has 2 N–H and O–H groups in total. The average Bonchev–Trinajstić information content (AvgIpc) is 2.45. The molecule has 0 radical (unpaired) electrons. The highest BCUT2D eigenvalue weighted by atomic mass is 16.3. The quantitative estimate of drug-likeness (QED) is 0.707. The molecule has 0 aromatic carbocycles. The number of amides is 1. The maximum atomic E-state index is 11.6. The van der Waals surface area contributed by atoms with Crippen LogP contribution in [0.2, 0.25) is 0 Å². The lowest BCUT2D eigenvalue weighted by Gasteiger charge is -2.09. The Hall–Kier alpha value is -1.36. The van der Waals surface area contributed by atoms with Gasteiger partial charge >= 0.3 is 0 Å². The first-order chi connectivity index (χ1) is 6.54. The number of nitrogens with one attached hydrogen (secondary N) is 1. The van der Waals surface area contributed by atoms with Gasteiger partial charge in [0.05, 0.1) is 17.9 Å². The Labute approximate surface area is 82.7 Å². The van der Waals surface area contributed by atoms with E-state index in [9.17, 15) is 4.79 Å². The van der Waals surface area contributed by atoms with Crippen LogP contribution in [0.25, 0.3) is 0 Å². The van der Waals surface area contributed by atoms with E-state index in [1.54, 1.807) is 31.8 Å². The number of aromatic nitrogens is 2. The van der Waals surface area contributed by atoms with Crippen molar-refractivity contribution in [1.82, 2.24) is 15.1 Å². The van der Waals surface area contributed by atoms with Gasteiger partial charge in [-0.15, -0.1) is 0 Å². The molecule has 0 saturated heterocycles. The summed E-state index contributed by atoms with van der Waals surface area (Å²) in [7, 11) is 1.76. The summed E-state index contributed by atoms with van der Waals surface area (Å²) >= 11 is 0. The van der Waals surface area contributed by atoms with E-state index in [0.29, 0.717) is 11.3 Å². The second kappa shape index (κ2) is 4.23. The summed E-state index contributed by atoms with van der Waals surface area (Å²) < 4.78 is 1.59. The third-order valence-electron chi connectivity index (χ3n) is 1.91. The monoisotopic (exact) mass is 197 g/mol. The molecule has 5 heteroatoms. The van der Waals surface area contributed by atoms with Gasteiger partial charge in [-0.1, -0.05) is 0 Å². The molecule has 0 bridgehead atoms. The van der Waals surface area contributed by atoms with Gasteiger partial charge in [-0.05, 0) is 13.8 Å². The largest absolute Gasteiger partial charge is 0.394 e. The summed E-state index contributed by atoms with van der Waals surface area (Å²) in [6.07, 6.45) is 1.66. The Bertz CT molecular complexity index is 333. The lowest BCUT2D eigenvalue weighted by atomic mass is 10.2. The topological polar surface area (TPSA) is 67.2 Å². The fourth-order valence-corrected chi connectivity index (χ4v) is 1.17. The number of carbonyl (C=O) groups is 1. The number of aryl methyl sites for hydroxylation is 2. The normalized spacial score (nSPS) is 12.6. The predicted molar refractivity (Wildman–Crippen MR) is 52.0 cm³/mol. The van der Waals surface area contributed by atoms with Gasteiger partial charge in [-0.25, -0.2) is 0 Å². The van der Waals surface area contributed by atoms with Gasteiger partial charge in [0.2, 0.25) is 0 Å². The highest BCUT2D eigenvalue weighted by Crippen LogP contribution is 2.04. The van der Waals surface area contributed by atoms with E-state index >= 15 is 0 Å². The second-order valence-electron chi connectivity index (χ2n) is 3.36. The Balaban J connectivity index is 2.74. The predicted octanol–water partition coefficient (Wildman–Crippen LogP) is -0.161. The summed E-state index contributed by atoms with van der Waals surface area (Å²) in [5.41, 5.74) is 1.24. The number of hydrogen-bond acceptors (Lipinski definition) is 3. The van der Waals surface area contributed by atoms with Crippen LogP contribution in [0.15, 0.2) is 6.20 Å². The molecule has 0 aliphatic carbocycles. The van der Waals surface area contributed by atoms with Gasteiger partial charge in [0.1, 0.15) is 0 Å². The van der Waals surface area contributed by atoms with Crippen molar-refractivity contribution in [3.63, 3.8) is 0 Å². The molecule has 0 unspecified atom stereocenters. The number of carbonyl (C=O) groups excluding carboxylic acids is 1. The third-order valence-corrected chi connectivity index (χ3v) is 1.91. The molecule has 1 aromatic heterocycles. The fourth-order valence-electron chi connectivity index (χ4n) is 1.17. The van der Waals surface area contributed by atoms with Crippen LogP contribution in [0.3, 0.4) is 0 Å².